The maximum absolute atomic E-state index is 12.7. The Bertz CT molecular complexity index is 753. The highest BCUT2D eigenvalue weighted by atomic mass is 16.2. The van der Waals surface area contributed by atoms with Gasteiger partial charge in [-0.05, 0) is 17.7 Å². The van der Waals surface area contributed by atoms with E-state index in [9.17, 15) is 9.59 Å². The molecule has 0 N–H and O–H groups in total. The first-order chi connectivity index (χ1) is 12.7. The highest BCUT2D eigenvalue weighted by molar-refractivity contribution is 5.94. The van der Waals surface area contributed by atoms with Crippen LogP contribution in [-0.4, -0.2) is 52.8 Å². The van der Waals surface area contributed by atoms with Crippen LogP contribution in [0.2, 0.25) is 0 Å². The van der Waals surface area contributed by atoms with E-state index < -0.39 is 0 Å². The first kappa shape index (κ1) is 17.9. The summed E-state index contributed by atoms with van der Waals surface area (Å²) in [4.78, 5) is 32.7. The van der Waals surface area contributed by atoms with E-state index in [1.54, 1.807) is 29.4 Å². The minimum atomic E-state index is -0.0292. The summed E-state index contributed by atoms with van der Waals surface area (Å²) in [5.74, 6) is 0.0874. The lowest BCUT2D eigenvalue weighted by Crippen LogP contribution is -2.50. The van der Waals surface area contributed by atoms with Crippen molar-refractivity contribution in [2.45, 2.75) is 12.3 Å². The summed E-state index contributed by atoms with van der Waals surface area (Å²) in [5, 5.41) is 0. The minimum Gasteiger partial charge on any atom is -0.339 e. The summed E-state index contributed by atoms with van der Waals surface area (Å²) >= 11 is 0. The summed E-state index contributed by atoms with van der Waals surface area (Å²) in [5.41, 5.74) is 1.68. The van der Waals surface area contributed by atoms with Gasteiger partial charge in [-0.1, -0.05) is 36.4 Å². The van der Waals surface area contributed by atoms with E-state index in [2.05, 4.69) is 11.6 Å². The Kier molecular flexibility index (Phi) is 5.79. The summed E-state index contributed by atoms with van der Waals surface area (Å²) in [6, 6.07) is 13.5. The van der Waals surface area contributed by atoms with Gasteiger partial charge in [0, 0.05) is 50.9 Å². The second-order valence-electron chi connectivity index (χ2n) is 6.37. The molecule has 2 heterocycles. The van der Waals surface area contributed by atoms with E-state index in [1.165, 1.54) is 0 Å². The molecule has 1 aromatic carbocycles. The van der Waals surface area contributed by atoms with Crippen LogP contribution in [0.15, 0.2) is 67.5 Å². The molecule has 0 saturated carbocycles. The molecule has 1 aliphatic rings. The number of benzene rings is 1. The van der Waals surface area contributed by atoms with Crippen molar-refractivity contribution < 1.29 is 9.59 Å². The molecule has 134 valence electrons. The van der Waals surface area contributed by atoms with Crippen molar-refractivity contribution in [2.75, 3.05) is 26.2 Å². The molecule has 5 heteroatoms. The lowest BCUT2D eigenvalue weighted by Gasteiger charge is -2.35. The monoisotopic (exact) mass is 349 g/mol. The Morgan fingerprint density at radius 3 is 2.35 bits per heavy atom. The number of piperazine rings is 1. The zero-order chi connectivity index (χ0) is 18.4. The Labute approximate surface area is 154 Å². The highest BCUT2D eigenvalue weighted by Crippen LogP contribution is 2.22. The van der Waals surface area contributed by atoms with Gasteiger partial charge in [-0.25, -0.2) is 0 Å². The van der Waals surface area contributed by atoms with E-state index in [4.69, 9.17) is 0 Å². The molecule has 1 saturated heterocycles. The summed E-state index contributed by atoms with van der Waals surface area (Å²) < 4.78 is 0. The lowest BCUT2D eigenvalue weighted by molar-refractivity contribution is -0.132. The van der Waals surface area contributed by atoms with Gasteiger partial charge in [0.25, 0.3) is 5.91 Å². The molecule has 3 rings (SSSR count). The number of nitrogens with zero attached hydrogens (tertiary/aromatic N) is 3. The molecule has 1 fully saturated rings. The van der Waals surface area contributed by atoms with Gasteiger partial charge in [0.15, 0.2) is 0 Å². The van der Waals surface area contributed by atoms with Crippen LogP contribution in [0.1, 0.15) is 28.3 Å². The molecule has 2 amide bonds. The molecule has 0 radical (unpaired) electrons. The first-order valence-electron chi connectivity index (χ1n) is 8.83. The van der Waals surface area contributed by atoms with Crippen LogP contribution < -0.4 is 0 Å². The minimum absolute atomic E-state index is 0.0127. The number of aromatic nitrogens is 1. The zero-order valence-corrected chi connectivity index (χ0v) is 14.8. The van der Waals surface area contributed by atoms with Crippen LogP contribution >= 0.6 is 0 Å². The highest BCUT2D eigenvalue weighted by Gasteiger charge is 2.26. The molecular weight excluding hydrogens is 326 g/mol. The van der Waals surface area contributed by atoms with Crippen molar-refractivity contribution in [3.63, 3.8) is 0 Å². The van der Waals surface area contributed by atoms with E-state index >= 15 is 0 Å². The van der Waals surface area contributed by atoms with Crippen LogP contribution in [-0.2, 0) is 4.79 Å². The maximum atomic E-state index is 12.7. The van der Waals surface area contributed by atoms with Crippen molar-refractivity contribution in [1.29, 1.82) is 0 Å². The third kappa shape index (κ3) is 4.17. The van der Waals surface area contributed by atoms with Gasteiger partial charge in [-0.2, -0.15) is 0 Å². The molecular formula is C21H23N3O2. The van der Waals surface area contributed by atoms with Gasteiger partial charge >= 0.3 is 0 Å². The fraction of sp³-hybridized carbons (Fsp3) is 0.286. The largest absolute Gasteiger partial charge is 0.339 e. The normalized spacial score (nSPS) is 15.4. The molecule has 0 aliphatic carbocycles. The van der Waals surface area contributed by atoms with Crippen LogP contribution in [0, 0.1) is 0 Å². The zero-order valence-electron chi connectivity index (χ0n) is 14.8. The predicted octanol–water partition coefficient (Wildman–Crippen LogP) is 2.73. The van der Waals surface area contributed by atoms with Crippen molar-refractivity contribution in [3.05, 3.63) is 78.6 Å². The SMILES string of the molecule is C=C[C@@H](CC(=O)N1CCN(C(=O)c2cccnc2)CC1)c1ccccc1. The van der Waals surface area contributed by atoms with Crippen molar-refractivity contribution in [3.8, 4) is 0 Å². The Morgan fingerprint density at radius 1 is 1.04 bits per heavy atom. The number of hydrogen-bond donors (Lipinski definition) is 0. The first-order valence-corrected chi connectivity index (χ1v) is 8.83. The summed E-state index contributed by atoms with van der Waals surface area (Å²) in [7, 11) is 0. The number of carbonyl (C=O) groups is 2. The van der Waals surface area contributed by atoms with Gasteiger partial charge in [0.05, 0.1) is 5.56 Å². The maximum Gasteiger partial charge on any atom is 0.255 e. The van der Waals surface area contributed by atoms with Crippen LogP contribution in [0.3, 0.4) is 0 Å². The standard InChI is InChI=1S/C21H23N3O2/c1-2-17(18-7-4-3-5-8-18)15-20(25)23-11-13-24(14-12-23)21(26)19-9-6-10-22-16-19/h2-10,16-17H,1,11-15H2/t17-/m0/s1. The van der Waals surface area contributed by atoms with Gasteiger partial charge < -0.3 is 9.80 Å². The number of amides is 2. The topological polar surface area (TPSA) is 53.5 Å². The number of carbonyl (C=O) groups excluding carboxylic acids is 2. The van der Waals surface area contributed by atoms with Gasteiger partial charge in [-0.15, -0.1) is 6.58 Å². The second kappa shape index (κ2) is 8.43. The Balaban J connectivity index is 1.55. The van der Waals surface area contributed by atoms with Crippen LogP contribution in [0.25, 0.3) is 0 Å². The number of pyridine rings is 1. The van der Waals surface area contributed by atoms with Crippen LogP contribution in [0.4, 0.5) is 0 Å². The molecule has 1 aromatic heterocycles. The molecule has 0 spiro atoms. The van der Waals surface area contributed by atoms with Crippen molar-refractivity contribution in [1.82, 2.24) is 14.8 Å². The van der Waals surface area contributed by atoms with Crippen molar-refractivity contribution in [2.24, 2.45) is 0 Å². The molecule has 26 heavy (non-hydrogen) atoms. The number of rotatable bonds is 5. The second-order valence-corrected chi connectivity index (χ2v) is 6.37. The average molecular weight is 349 g/mol. The number of allylic oxidation sites excluding steroid dienone is 1. The van der Waals surface area contributed by atoms with E-state index in [1.807, 2.05) is 41.3 Å². The van der Waals surface area contributed by atoms with Crippen LogP contribution in [0.5, 0.6) is 0 Å². The van der Waals surface area contributed by atoms with Gasteiger partial charge in [0.2, 0.25) is 5.91 Å². The lowest BCUT2D eigenvalue weighted by atomic mass is 9.95. The molecule has 1 atom stereocenters. The predicted molar refractivity (Wildman–Crippen MR) is 101 cm³/mol. The molecule has 2 aromatic rings. The Morgan fingerprint density at radius 2 is 1.73 bits per heavy atom. The quantitative estimate of drug-likeness (QED) is 0.780. The van der Waals surface area contributed by atoms with E-state index in [0.29, 0.717) is 38.2 Å². The third-order valence-corrected chi connectivity index (χ3v) is 4.73. The molecule has 0 bridgehead atoms. The van der Waals surface area contributed by atoms with E-state index in [-0.39, 0.29) is 17.7 Å². The summed E-state index contributed by atoms with van der Waals surface area (Å²) in [6.45, 7) is 6.08. The third-order valence-electron chi connectivity index (χ3n) is 4.73. The van der Waals surface area contributed by atoms with Gasteiger partial charge in [0.1, 0.15) is 0 Å². The fourth-order valence-electron chi connectivity index (χ4n) is 3.19. The average Bonchev–Trinajstić information content (AvgIpc) is 2.72. The molecule has 1 aliphatic heterocycles. The molecule has 5 nitrogen and oxygen atoms in total. The molecule has 0 unspecified atom stereocenters. The van der Waals surface area contributed by atoms with Gasteiger partial charge in [-0.3, -0.25) is 14.6 Å². The van der Waals surface area contributed by atoms with Crippen molar-refractivity contribution >= 4 is 11.8 Å². The van der Waals surface area contributed by atoms with E-state index in [0.717, 1.165) is 5.56 Å². The fourth-order valence-corrected chi connectivity index (χ4v) is 3.19. The number of hydrogen-bond acceptors (Lipinski definition) is 3. The Hall–Kier alpha value is -2.95. The summed E-state index contributed by atoms with van der Waals surface area (Å²) in [6.07, 6.45) is 5.46. The smallest absolute Gasteiger partial charge is 0.255 e.